The summed E-state index contributed by atoms with van der Waals surface area (Å²) in [6.07, 6.45) is 3.81. The van der Waals surface area contributed by atoms with Crippen LogP contribution in [0.5, 0.6) is 5.75 Å². The monoisotopic (exact) mass is 296 g/mol. The van der Waals surface area contributed by atoms with Gasteiger partial charge >= 0.3 is 0 Å². The number of rotatable bonds is 6. The van der Waals surface area contributed by atoms with E-state index in [0.29, 0.717) is 17.4 Å². The summed E-state index contributed by atoms with van der Waals surface area (Å²) in [5.74, 6) is 0.442. The van der Waals surface area contributed by atoms with E-state index in [-0.39, 0.29) is 12.3 Å². The Bertz CT molecular complexity index is 488. The van der Waals surface area contributed by atoms with Crippen molar-refractivity contribution in [3.05, 3.63) is 22.9 Å². The summed E-state index contributed by atoms with van der Waals surface area (Å²) in [5.41, 5.74) is 0.441. The summed E-state index contributed by atoms with van der Waals surface area (Å²) >= 11 is 0. The first-order valence-electron chi connectivity index (χ1n) is 7.26. The van der Waals surface area contributed by atoms with Crippen molar-refractivity contribution in [2.45, 2.75) is 25.7 Å². The van der Waals surface area contributed by atoms with Crippen molar-refractivity contribution in [2.75, 3.05) is 31.7 Å². The van der Waals surface area contributed by atoms with E-state index in [1.807, 2.05) is 4.90 Å². The van der Waals surface area contributed by atoms with Gasteiger partial charge in [0.1, 0.15) is 11.6 Å². The molecule has 0 atom stereocenters. The molecule has 0 radical (unpaired) electrons. The smallest absolute Gasteiger partial charge is 0.152 e. The Morgan fingerprint density at radius 1 is 1.43 bits per heavy atom. The number of aliphatic hydroxyl groups is 1. The molecule has 1 aromatic rings. The van der Waals surface area contributed by atoms with E-state index < -0.39 is 5.82 Å². The molecule has 1 aliphatic heterocycles. The van der Waals surface area contributed by atoms with E-state index >= 15 is 0 Å². The maximum absolute atomic E-state index is 14.1. The maximum atomic E-state index is 14.1. The molecule has 1 N–H and O–H groups in total. The van der Waals surface area contributed by atoms with Crippen molar-refractivity contribution < 1.29 is 14.2 Å². The second-order valence-electron chi connectivity index (χ2n) is 5.36. The molecule has 0 unspecified atom stereocenters. The molecule has 0 bridgehead atoms. The SMILES string of the molecule is COc1cc(N2CCC(CCCO)CC2)c(F)cc1N=O. The summed E-state index contributed by atoms with van der Waals surface area (Å²) < 4.78 is 19.2. The zero-order valence-electron chi connectivity index (χ0n) is 12.2. The Hall–Kier alpha value is -1.69. The molecule has 21 heavy (non-hydrogen) atoms. The number of methoxy groups -OCH3 is 1. The molecule has 1 aliphatic rings. The molecule has 0 aliphatic carbocycles. The lowest BCUT2D eigenvalue weighted by Crippen LogP contribution is -2.34. The fourth-order valence-electron chi connectivity index (χ4n) is 2.85. The molecule has 0 amide bonds. The number of aliphatic hydroxyl groups excluding tert-OH is 1. The third kappa shape index (κ3) is 3.69. The molecule has 116 valence electrons. The second-order valence-corrected chi connectivity index (χ2v) is 5.36. The number of benzene rings is 1. The molecule has 0 spiro atoms. The van der Waals surface area contributed by atoms with E-state index in [0.717, 1.165) is 44.8 Å². The molecule has 1 saturated heterocycles. The van der Waals surface area contributed by atoms with Gasteiger partial charge in [-0.3, -0.25) is 0 Å². The van der Waals surface area contributed by atoms with Crippen LogP contribution in [0, 0.1) is 16.6 Å². The third-order valence-electron chi connectivity index (χ3n) is 4.07. The first kappa shape index (κ1) is 15.7. The topological polar surface area (TPSA) is 62.1 Å². The van der Waals surface area contributed by atoms with Gasteiger partial charge in [-0.25, -0.2) is 4.39 Å². The van der Waals surface area contributed by atoms with Crippen LogP contribution in [0.1, 0.15) is 25.7 Å². The van der Waals surface area contributed by atoms with Gasteiger partial charge in [0.2, 0.25) is 0 Å². The van der Waals surface area contributed by atoms with E-state index in [2.05, 4.69) is 5.18 Å². The predicted octanol–water partition coefficient (Wildman–Crippen LogP) is 3.22. The number of hydrogen-bond donors (Lipinski definition) is 1. The summed E-state index contributed by atoms with van der Waals surface area (Å²) in [4.78, 5) is 12.6. The highest BCUT2D eigenvalue weighted by Crippen LogP contribution is 2.36. The molecular weight excluding hydrogens is 275 g/mol. The van der Waals surface area contributed by atoms with Gasteiger partial charge in [0.15, 0.2) is 5.69 Å². The summed E-state index contributed by atoms with van der Waals surface area (Å²) in [6.45, 7) is 1.76. The zero-order chi connectivity index (χ0) is 15.2. The molecule has 1 aromatic carbocycles. The lowest BCUT2D eigenvalue weighted by Gasteiger charge is -2.34. The number of nitroso groups, excluding NO2 is 1. The van der Waals surface area contributed by atoms with Crippen LogP contribution in [0.2, 0.25) is 0 Å². The van der Waals surface area contributed by atoms with E-state index in [1.54, 1.807) is 6.07 Å². The molecule has 5 nitrogen and oxygen atoms in total. The van der Waals surface area contributed by atoms with Gasteiger partial charge in [0.05, 0.1) is 12.8 Å². The summed E-state index contributed by atoms with van der Waals surface area (Å²) in [5, 5.41) is 11.6. The van der Waals surface area contributed by atoms with Crippen LogP contribution < -0.4 is 9.64 Å². The Kier molecular flexibility index (Phi) is 5.50. The van der Waals surface area contributed by atoms with Crippen molar-refractivity contribution in [3.8, 4) is 5.75 Å². The van der Waals surface area contributed by atoms with Crippen molar-refractivity contribution >= 4 is 11.4 Å². The lowest BCUT2D eigenvalue weighted by atomic mass is 9.92. The molecule has 6 heteroatoms. The number of ether oxygens (including phenoxy) is 1. The number of halogens is 1. The Labute approximate surface area is 123 Å². The standard InChI is InChI=1S/C15H21FN2O3/c1-21-15-10-14(12(16)9-13(15)17-20)18-6-4-11(5-7-18)3-2-8-19/h9-11,19H,2-8H2,1H3. The van der Waals surface area contributed by atoms with Crippen LogP contribution in [0.4, 0.5) is 15.8 Å². The van der Waals surface area contributed by atoms with Crippen LogP contribution in [-0.2, 0) is 0 Å². The maximum Gasteiger partial charge on any atom is 0.152 e. The largest absolute Gasteiger partial charge is 0.494 e. The Balaban J connectivity index is 2.08. The van der Waals surface area contributed by atoms with E-state index in [1.165, 1.54) is 7.11 Å². The van der Waals surface area contributed by atoms with Crippen molar-refractivity contribution in [3.63, 3.8) is 0 Å². The normalized spacial score (nSPS) is 16.0. The van der Waals surface area contributed by atoms with Gasteiger partial charge in [-0.1, -0.05) is 0 Å². The quantitative estimate of drug-likeness (QED) is 0.819. The van der Waals surface area contributed by atoms with Crippen molar-refractivity contribution in [1.29, 1.82) is 0 Å². The first-order valence-corrected chi connectivity index (χ1v) is 7.26. The van der Waals surface area contributed by atoms with E-state index in [4.69, 9.17) is 9.84 Å². The number of piperidine rings is 1. The van der Waals surface area contributed by atoms with Crippen LogP contribution in [-0.4, -0.2) is 31.9 Å². The highest BCUT2D eigenvalue weighted by molar-refractivity contribution is 5.63. The number of nitrogens with zero attached hydrogens (tertiary/aromatic N) is 2. The minimum Gasteiger partial charge on any atom is -0.494 e. The van der Waals surface area contributed by atoms with Gasteiger partial charge in [-0.05, 0) is 36.8 Å². The first-order chi connectivity index (χ1) is 10.2. The molecule has 0 aromatic heterocycles. The minimum atomic E-state index is -0.445. The molecule has 0 saturated carbocycles. The Morgan fingerprint density at radius 3 is 2.71 bits per heavy atom. The zero-order valence-corrected chi connectivity index (χ0v) is 12.2. The fraction of sp³-hybridized carbons (Fsp3) is 0.600. The molecule has 1 fully saturated rings. The number of anilines is 1. The average Bonchev–Trinajstić information content (AvgIpc) is 2.53. The van der Waals surface area contributed by atoms with Gasteiger partial charge in [-0.2, -0.15) is 0 Å². The molecule has 2 rings (SSSR count). The highest BCUT2D eigenvalue weighted by Gasteiger charge is 2.22. The van der Waals surface area contributed by atoms with Crippen molar-refractivity contribution in [2.24, 2.45) is 11.1 Å². The summed E-state index contributed by atoms with van der Waals surface area (Å²) in [7, 11) is 1.44. The lowest BCUT2D eigenvalue weighted by molar-refractivity contribution is 0.261. The van der Waals surface area contributed by atoms with Gasteiger partial charge in [0.25, 0.3) is 0 Å². The fourth-order valence-corrected chi connectivity index (χ4v) is 2.85. The molecule has 1 heterocycles. The minimum absolute atomic E-state index is 0.0171. The van der Waals surface area contributed by atoms with Crippen LogP contribution in [0.15, 0.2) is 17.3 Å². The highest BCUT2D eigenvalue weighted by atomic mass is 19.1. The van der Waals surface area contributed by atoms with Crippen LogP contribution in [0.25, 0.3) is 0 Å². The van der Waals surface area contributed by atoms with E-state index in [9.17, 15) is 9.30 Å². The van der Waals surface area contributed by atoms with Crippen molar-refractivity contribution in [1.82, 2.24) is 0 Å². The molecular formula is C15H21FN2O3. The van der Waals surface area contributed by atoms with Crippen LogP contribution >= 0.6 is 0 Å². The summed E-state index contributed by atoms with van der Waals surface area (Å²) in [6, 6.07) is 2.67. The van der Waals surface area contributed by atoms with Crippen LogP contribution in [0.3, 0.4) is 0 Å². The van der Waals surface area contributed by atoms with Gasteiger partial charge in [0, 0.05) is 31.8 Å². The average molecular weight is 296 g/mol. The number of hydrogen-bond acceptors (Lipinski definition) is 5. The Morgan fingerprint density at radius 2 is 2.14 bits per heavy atom. The van der Waals surface area contributed by atoms with Gasteiger partial charge < -0.3 is 14.7 Å². The van der Waals surface area contributed by atoms with Gasteiger partial charge in [-0.15, -0.1) is 4.91 Å². The third-order valence-corrected chi connectivity index (χ3v) is 4.07. The predicted molar refractivity (Wildman–Crippen MR) is 79.7 cm³/mol. The second kappa shape index (κ2) is 7.36.